The summed E-state index contributed by atoms with van der Waals surface area (Å²) in [6.45, 7) is 1.52. The Balaban J connectivity index is 1.47. The summed E-state index contributed by atoms with van der Waals surface area (Å²) in [5.41, 5.74) is 2.08. The number of nitriles is 1. The molecule has 1 heterocycles. The lowest BCUT2D eigenvalue weighted by atomic mass is 9.81. The third-order valence-corrected chi connectivity index (χ3v) is 6.30. The van der Waals surface area contributed by atoms with Crippen LogP contribution >= 0.6 is 0 Å². The van der Waals surface area contributed by atoms with Crippen LogP contribution in [0, 0.1) is 18.3 Å². The molecule has 3 aromatic rings. The minimum absolute atomic E-state index is 0.332. The third kappa shape index (κ3) is 3.96. The second kappa shape index (κ2) is 8.83. The van der Waals surface area contributed by atoms with Crippen LogP contribution in [0.1, 0.15) is 48.3 Å². The second-order valence-electron chi connectivity index (χ2n) is 8.27. The van der Waals surface area contributed by atoms with E-state index in [1.165, 1.54) is 4.90 Å². The maximum atomic E-state index is 12.6. The van der Waals surface area contributed by atoms with Gasteiger partial charge in [-0.15, -0.1) is 0 Å². The van der Waals surface area contributed by atoms with Crippen LogP contribution in [0.2, 0.25) is 0 Å². The lowest BCUT2D eigenvalue weighted by Gasteiger charge is -2.38. The minimum atomic E-state index is -0.803. The zero-order chi connectivity index (χ0) is 22.7. The predicted molar refractivity (Wildman–Crippen MR) is 120 cm³/mol. The first kappa shape index (κ1) is 21.6. The quantitative estimate of drug-likeness (QED) is 0.567. The number of para-hydroxylation sites is 1. The Bertz CT molecular complexity index is 1190. The smallest absolute Gasteiger partial charge is 0.338 e. The van der Waals surface area contributed by atoms with Crippen LogP contribution in [0.25, 0.3) is 16.7 Å². The average molecular weight is 431 g/mol. The highest BCUT2D eigenvalue weighted by molar-refractivity contribution is 5.95. The Kier molecular flexibility index (Phi) is 5.95. The molecule has 4 rings (SSSR count). The van der Waals surface area contributed by atoms with Gasteiger partial charge in [0, 0.05) is 12.7 Å². The Labute approximate surface area is 187 Å². The van der Waals surface area contributed by atoms with Crippen LogP contribution in [0.5, 0.6) is 0 Å². The number of benzene rings is 2. The van der Waals surface area contributed by atoms with Gasteiger partial charge in [-0.25, -0.2) is 9.78 Å². The highest BCUT2D eigenvalue weighted by Crippen LogP contribution is 2.32. The van der Waals surface area contributed by atoms with Crippen molar-refractivity contribution < 1.29 is 14.3 Å². The lowest BCUT2D eigenvalue weighted by Crippen LogP contribution is -2.51. The fraction of sp³-hybridized carbons (Fsp3) is 0.360. The molecule has 0 atom stereocenters. The number of aromatic nitrogens is 2. The van der Waals surface area contributed by atoms with E-state index in [0.717, 1.165) is 36.3 Å². The average Bonchev–Trinajstić information content (AvgIpc) is 3.17. The number of nitrogens with zero attached hydrogens (tertiary/aromatic N) is 4. The zero-order valence-corrected chi connectivity index (χ0v) is 18.4. The van der Waals surface area contributed by atoms with Crippen molar-refractivity contribution in [1.82, 2.24) is 14.5 Å². The van der Waals surface area contributed by atoms with E-state index in [0.29, 0.717) is 23.9 Å². The van der Waals surface area contributed by atoms with E-state index in [4.69, 9.17) is 4.74 Å². The molecule has 0 unspecified atom stereocenters. The van der Waals surface area contributed by atoms with Crippen LogP contribution in [-0.4, -0.2) is 45.5 Å². The number of amides is 1. The fourth-order valence-corrected chi connectivity index (χ4v) is 4.44. The molecule has 7 nitrogen and oxygen atoms in total. The SMILES string of the molecule is Cc1nc2cc(C(=O)OCC(=O)N(C)C3(C#N)CCCCC3)ccc2n1-c1ccccc1. The summed E-state index contributed by atoms with van der Waals surface area (Å²) in [4.78, 5) is 31.3. The lowest BCUT2D eigenvalue weighted by molar-refractivity contribution is -0.138. The Morgan fingerprint density at radius 3 is 2.56 bits per heavy atom. The monoisotopic (exact) mass is 430 g/mol. The molecular weight excluding hydrogens is 404 g/mol. The summed E-state index contributed by atoms with van der Waals surface area (Å²) < 4.78 is 7.31. The van der Waals surface area contributed by atoms with Gasteiger partial charge in [0.2, 0.25) is 0 Å². The number of hydrogen-bond acceptors (Lipinski definition) is 5. The number of likely N-dealkylation sites (N-methyl/N-ethyl adjacent to an activating group) is 1. The molecule has 1 aliphatic rings. The van der Waals surface area contributed by atoms with Gasteiger partial charge in [0.05, 0.1) is 22.7 Å². The number of ether oxygens (including phenoxy) is 1. The summed E-state index contributed by atoms with van der Waals surface area (Å²) in [6.07, 6.45) is 4.21. The van der Waals surface area contributed by atoms with Gasteiger partial charge in [-0.1, -0.05) is 37.5 Å². The molecule has 164 valence electrons. The predicted octanol–water partition coefficient (Wildman–Crippen LogP) is 4.18. The van der Waals surface area contributed by atoms with Crippen molar-refractivity contribution in [2.75, 3.05) is 13.7 Å². The molecule has 0 radical (unpaired) electrons. The number of imidazole rings is 1. The van der Waals surface area contributed by atoms with Gasteiger partial charge >= 0.3 is 5.97 Å². The molecule has 32 heavy (non-hydrogen) atoms. The molecule has 1 saturated carbocycles. The second-order valence-corrected chi connectivity index (χ2v) is 8.27. The van der Waals surface area contributed by atoms with Crippen molar-refractivity contribution in [3.05, 3.63) is 59.9 Å². The van der Waals surface area contributed by atoms with E-state index in [-0.39, 0.29) is 5.91 Å². The summed E-state index contributed by atoms with van der Waals surface area (Å²) in [5.74, 6) is -0.148. The highest BCUT2D eigenvalue weighted by Gasteiger charge is 2.39. The van der Waals surface area contributed by atoms with Crippen molar-refractivity contribution in [2.45, 2.75) is 44.6 Å². The molecule has 2 aromatic carbocycles. The van der Waals surface area contributed by atoms with Gasteiger partial charge in [0.25, 0.3) is 5.91 Å². The summed E-state index contributed by atoms with van der Waals surface area (Å²) >= 11 is 0. The van der Waals surface area contributed by atoms with E-state index < -0.39 is 18.1 Å². The largest absolute Gasteiger partial charge is 0.452 e. The molecule has 1 fully saturated rings. The number of rotatable bonds is 5. The van der Waals surface area contributed by atoms with E-state index in [2.05, 4.69) is 11.1 Å². The first-order valence-electron chi connectivity index (χ1n) is 10.8. The molecule has 1 aromatic heterocycles. The molecule has 0 N–H and O–H groups in total. The molecule has 0 saturated heterocycles. The van der Waals surface area contributed by atoms with E-state index in [1.807, 2.05) is 47.9 Å². The van der Waals surface area contributed by atoms with Gasteiger partial charge in [-0.3, -0.25) is 9.36 Å². The van der Waals surface area contributed by atoms with Gasteiger partial charge < -0.3 is 9.64 Å². The Morgan fingerprint density at radius 2 is 1.88 bits per heavy atom. The number of esters is 1. The number of aryl methyl sites for hydroxylation is 1. The third-order valence-electron chi connectivity index (χ3n) is 6.30. The summed E-state index contributed by atoms with van der Waals surface area (Å²) in [6, 6.07) is 17.4. The molecule has 0 bridgehead atoms. The standard InChI is InChI=1S/C25H26N4O3/c1-18-27-21-15-19(11-12-22(21)29(18)20-9-5-3-6-10-20)24(31)32-16-23(30)28(2)25(17-26)13-7-4-8-14-25/h3,5-6,9-12,15H,4,7-8,13-14,16H2,1-2H3. The molecule has 1 aliphatic carbocycles. The van der Waals surface area contributed by atoms with Gasteiger partial charge in [-0.05, 0) is 50.1 Å². The topological polar surface area (TPSA) is 88.2 Å². The summed E-state index contributed by atoms with van der Waals surface area (Å²) in [7, 11) is 1.62. The van der Waals surface area contributed by atoms with Crippen molar-refractivity contribution in [3.63, 3.8) is 0 Å². The minimum Gasteiger partial charge on any atom is -0.452 e. The van der Waals surface area contributed by atoms with Crippen LogP contribution in [0.3, 0.4) is 0 Å². The fourth-order valence-electron chi connectivity index (χ4n) is 4.44. The number of hydrogen-bond donors (Lipinski definition) is 0. The van der Waals surface area contributed by atoms with Crippen LogP contribution in [0.4, 0.5) is 0 Å². The number of carbonyl (C=O) groups excluding carboxylic acids is 2. The van der Waals surface area contributed by atoms with Crippen LogP contribution < -0.4 is 0 Å². The maximum absolute atomic E-state index is 12.6. The van der Waals surface area contributed by atoms with Crippen molar-refractivity contribution in [3.8, 4) is 11.8 Å². The van der Waals surface area contributed by atoms with Gasteiger partial charge in [-0.2, -0.15) is 5.26 Å². The molecule has 1 amide bonds. The van der Waals surface area contributed by atoms with Crippen LogP contribution in [0.15, 0.2) is 48.5 Å². The van der Waals surface area contributed by atoms with Crippen molar-refractivity contribution in [2.24, 2.45) is 0 Å². The number of carbonyl (C=O) groups is 2. The summed E-state index contributed by atoms with van der Waals surface area (Å²) in [5, 5.41) is 9.66. The number of fused-ring (bicyclic) bond motifs is 1. The van der Waals surface area contributed by atoms with Crippen molar-refractivity contribution in [1.29, 1.82) is 5.26 Å². The normalized spacial score (nSPS) is 15.2. The molecule has 0 spiro atoms. The molecule has 7 heteroatoms. The zero-order valence-electron chi connectivity index (χ0n) is 18.4. The Morgan fingerprint density at radius 1 is 1.16 bits per heavy atom. The first-order valence-corrected chi connectivity index (χ1v) is 10.8. The van der Waals surface area contributed by atoms with E-state index in [9.17, 15) is 14.9 Å². The highest BCUT2D eigenvalue weighted by atomic mass is 16.5. The van der Waals surface area contributed by atoms with E-state index in [1.54, 1.807) is 19.2 Å². The van der Waals surface area contributed by atoms with E-state index >= 15 is 0 Å². The maximum Gasteiger partial charge on any atom is 0.338 e. The molecular formula is C25H26N4O3. The van der Waals surface area contributed by atoms with Gasteiger partial charge in [0.15, 0.2) is 6.61 Å². The molecule has 0 aliphatic heterocycles. The van der Waals surface area contributed by atoms with Crippen LogP contribution in [-0.2, 0) is 9.53 Å². The van der Waals surface area contributed by atoms with Gasteiger partial charge in [0.1, 0.15) is 11.4 Å². The van der Waals surface area contributed by atoms with Crippen molar-refractivity contribution >= 4 is 22.9 Å². The first-order chi connectivity index (χ1) is 15.4. The Hall–Kier alpha value is -3.66.